The first-order valence-electron chi connectivity index (χ1n) is 4.69. The zero-order valence-electron chi connectivity index (χ0n) is 8.68. The van der Waals surface area contributed by atoms with Crippen molar-refractivity contribution in [3.63, 3.8) is 0 Å². The van der Waals surface area contributed by atoms with Crippen molar-refractivity contribution < 1.29 is 9.15 Å². The molecule has 0 fully saturated rings. The van der Waals surface area contributed by atoms with Crippen LogP contribution < -0.4 is 11.5 Å². The van der Waals surface area contributed by atoms with Gasteiger partial charge < -0.3 is 20.6 Å². The number of nitrogens with zero attached hydrogens (tertiary/aromatic N) is 2. The molecule has 0 radical (unpaired) electrons. The molecule has 0 saturated carbocycles. The van der Waals surface area contributed by atoms with E-state index in [1.165, 1.54) is 6.26 Å². The third-order valence-electron chi connectivity index (χ3n) is 2.40. The van der Waals surface area contributed by atoms with E-state index in [-0.39, 0.29) is 22.9 Å². The van der Waals surface area contributed by atoms with E-state index in [1.807, 2.05) is 12.1 Å². The number of nitriles is 2. The Morgan fingerprint density at radius 1 is 1.12 bits per heavy atom. The third-order valence-corrected chi connectivity index (χ3v) is 2.40. The van der Waals surface area contributed by atoms with Crippen LogP contribution >= 0.6 is 0 Å². The van der Waals surface area contributed by atoms with Crippen LogP contribution in [0.15, 0.2) is 45.7 Å². The fraction of sp³-hybridized carbons (Fsp3) is 0.0909. The molecule has 84 valence electrons. The second-order valence-electron chi connectivity index (χ2n) is 3.33. The lowest BCUT2D eigenvalue weighted by Crippen LogP contribution is -2.23. The van der Waals surface area contributed by atoms with Gasteiger partial charge in [0.2, 0.25) is 11.8 Å². The Hall–Kier alpha value is -2.86. The normalized spacial score (nSPS) is 16.4. The molecule has 0 aliphatic carbocycles. The zero-order chi connectivity index (χ0) is 12.4. The van der Waals surface area contributed by atoms with Gasteiger partial charge in [-0.2, -0.15) is 10.5 Å². The molecule has 1 aromatic heterocycles. The van der Waals surface area contributed by atoms with Gasteiger partial charge in [-0.05, 0) is 12.1 Å². The maximum atomic E-state index is 9.05. The van der Waals surface area contributed by atoms with Gasteiger partial charge in [0.05, 0.1) is 12.2 Å². The molecule has 0 unspecified atom stereocenters. The molecule has 0 aromatic carbocycles. The molecule has 0 bridgehead atoms. The predicted molar refractivity (Wildman–Crippen MR) is 56.2 cm³/mol. The van der Waals surface area contributed by atoms with Gasteiger partial charge in [0.1, 0.15) is 29.0 Å². The molecule has 2 rings (SSSR count). The summed E-state index contributed by atoms with van der Waals surface area (Å²) < 4.78 is 10.1. The van der Waals surface area contributed by atoms with E-state index in [2.05, 4.69) is 0 Å². The number of hydrogen-bond acceptors (Lipinski definition) is 6. The van der Waals surface area contributed by atoms with E-state index in [0.29, 0.717) is 5.76 Å². The first-order chi connectivity index (χ1) is 8.19. The highest BCUT2D eigenvalue weighted by atomic mass is 16.5. The number of furan rings is 1. The highest BCUT2D eigenvalue weighted by molar-refractivity contribution is 5.50. The van der Waals surface area contributed by atoms with Gasteiger partial charge >= 0.3 is 0 Å². The highest BCUT2D eigenvalue weighted by Gasteiger charge is 2.34. The lowest BCUT2D eigenvalue weighted by molar-refractivity contribution is 0.274. The van der Waals surface area contributed by atoms with E-state index in [4.69, 9.17) is 31.1 Å². The Kier molecular flexibility index (Phi) is 2.48. The average molecular weight is 228 g/mol. The molecule has 0 spiro atoms. The Bertz CT molecular complexity index is 548. The molecular weight excluding hydrogens is 220 g/mol. The number of nitrogens with two attached hydrogens (primary N) is 2. The van der Waals surface area contributed by atoms with E-state index in [1.54, 1.807) is 12.1 Å². The van der Waals surface area contributed by atoms with Crippen LogP contribution in [0.4, 0.5) is 0 Å². The largest absolute Gasteiger partial charge is 0.468 e. The first-order valence-corrected chi connectivity index (χ1v) is 4.69. The average Bonchev–Trinajstić information content (AvgIpc) is 2.81. The maximum Gasteiger partial charge on any atom is 0.207 e. The summed E-state index contributed by atoms with van der Waals surface area (Å²) in [5, 5.41) is 18.1. The van der Waals surface area contributed by atoms with Crippen molar-refractivity contribution >= 4 is 0 Å². The second kappa shape index (κ2) is 3.95. The van der Waals surface area contributed by atoms with Crippen molar-refractivity contribution in [2.45, 2.75) is 5.92 Å². The van der Waals surface area contributed by atoms with Gasteiger partial charge in [0, 0.05) is 0 Å². The third kappa shape index (κ3) is 1.58. The standard InChI is InChI=1S/C11H8N4O2/c12-4-6-9(8-2-1-3-16-8)7(5-13)11(15)17-10(6)14/h1-3,9H,14-15H2. The van der Waals surface area contributed by atoms with Gasteiger partial charge in [-0.1, -0.05) is 0 Å². The predicted octanol–water partition coefficient (Wildman–Crippen LogP) is 0.781. The highest BCUT2D eigenvalue weighted by Crippen LogP contribution is 2.37. The molecular formula is C11H8N4O2. The summed E-state index contributed by atoms with van der Waals surface area (Å²) in [6.07, 6.45) is 1.45. The second-order valence-corrected chi connectivity index (χ2v) is 3.33. The van der Waals surface area contributed by atoms with Crippen LogP contribution in [-0.2, 0) is 4.74 Å². The summed E-state index contributed by atoms with van der Waals surface area (Å²) in [6.45, 7) is 0. The molecule has 17 heavy (non-hydrogen) atoms. The Labute approximate surface area is 97.0 Å². The van der Waals surface area contributed by atoms with Crippen molar-refractivity contribution in [2.75, 3.05) is 0 Å². The number of rotatable bonds is 1. The molecule has 6 nitrogen and oxygen atoms in total. The smallest absolute Gasteiger partial charge is 0.207 e. The summed E-state index contributed by atoms with van der Waals surface area (Å²) in [5.74, 6) is -0.489. The van der Waals surface area contributed by atoms with Crippen molar-refractivity contribution in [1.82, 2.24) is 0 Å². The number of hydrogen-bond donors (Lipinski definition) is 2. The SMILES string of the molecule is N#CC1=C(N)OC(N)=C(C#N)C1c1ccco1. The van der Waals surface area contributed by atoms with Crippen LogP contribution in [0, 0.1) is 22.7 Å². The minimum Gasteiger partial charge on any atom is -0.468 e. The topological polar surface area (TPSA) is 122 Å². The van der Waals surface area contributed by atoms with E-state index < -0.39 is 5.92 Å². The van der Waals surface area contributed by atoms with Crippen LogP contribution in [-0.4, -0.2) is 0 Å². The molecule has 1 aliphatic heterocycles. The lowest BCUT2D eigenvalue weighted by atomic mass is 9.89. The van der Waals surface area contributed by atoms with Crippen molar-refractivity contribution in [1.29, 1.82) is 10.5 Å². The van der Waals surface area contributed by atoms with Crippen molar-refractivity contribution in [3.8, 4) is 12.1 Å². The molecule has 4 N–H and O–H groups in total. The van der Waals surface area contributed by atoms with Crippen molar-refractivity contribution in [3.05, 3.63) is 47.1 Å². The summed E-state index contributed by atoms with van der Waals surface area (Å²) in [6, 6.07) is 7.11. The number of ether oxygens (including phenoxy) is 1. The quantitative estimate of drug-likeness (QED) is 0.732. The van der Waals surface area contributed by atoms with Crippen LogP contribution in [0.25, 0.3) is 0 Å². The number of allylic oxidation sites excluding steroid dienone is 2. The Balaban J connectivity index is 2.61. The molecule has 1 aliphatic rings. The van der Waals surface area contributed by atoms with E-state index in [9.17, 15) is 0 Å². The van der Waals surface area contributed by atoms with Crippen LogP contribution in [0.3, 0.4) is 0 Å². The van der Waals surface area contributed by atoms with E-state index >= 15 is 0 Å². The van der Waals surface area contributed by atoms with Gasteiger partial charge in [-0.25, -0.2) is 0 Å². The summed E-state index contributed by atoms with van der Waals surface area (Å²) in [4.78, 5) is 0. The summed E-state index contributed by atoms with van der Waals surface area (Å²) in [5.41, 5.74) is 11.4. The van der Waals surface area contributed by atoms with Gasteiger partial charge in [-0.3, -0.25) is 0 Å². The fourth-order valence-electron chi connectivity index (χ4n) is 1.64. The summed E-state index contributed by atoms with van der Waals surface area (Å²) >= 11 is 0. The van der Waals surface area contributed by atoms with Crippen molar-refractivity contribution in [2.24, 2.45) is 11.5 Å². The van der Waals surface area contributed by atoms with Crippen LogP contribution in [0.2, 0.25) is 0 Å². The molecule has 0 atom stereocenters. The van der Waals surface area contributed by atoms with Gasteiger partial charge in [-0.15, -0.1) is 0 Å². The van der Waals surface area contributed by atoms with Gasteiger partial charge in [0.15, 0.2) is 0 Å². The van der Waals surface area contributed by atoms with Crippen LogP contribution in [0.5, 0.6) is 0 Å². The van der Waals surface area contributed by atoms with Gasteiger partial charge in [0.25, 0.3) is 0 Å². The minimum absolute atomic E-state index is 0.106. The monoisotopic (exact) mass is 228 g/mol. The molecule has 0 saturated heterocycles. The van der Waals surface area contributed by atoms with E-state index in [0.717, 1.165) is 0 Å². The molecule has 6 heteroatoms. The Morgan fingerprint density at radius 3 is 2.12 bits per heavy atom. The maximum absolute atomic E-state index is 9.05. The first kappa shape index (κ1) is 10.7. The lowest BCUT2D eigenvalue weighted by Gasteiger charge is -2.21. The molecule has 2 heterocycles. The Morgan fingerprint density at radius 2 is 1.71 bits per heavy atom. The van der Waals surface area contributed by atoms with Crippen LogP contribution in [0.1, 0.15) is 11.7 Å². The molecule has 1 aromatic rings. The molecule has 0 amide bonds. The summed E-state index contributed by atoms with van der Waals surface area (Å²) in [7, 11) is 0. The zero-order valence-corrected chi connectivity index (χ0v) is 8.68. The fourth-order valence-corrected chi connectivity index (χ4v) is 1.64. The minimum atomic E-state index is -0.700.